The summed E-state index contributed by atoms with van der Waals surface area (Å²) in [6, 6.07) is 16.1. The van der Waals surface area contributed by atoms with Crippen LogP contribution in [0.2, 0.25) is 5.02 Å². The summed E-state index contributed by atoms with van der Waals surface area (Å²) >= 11 is 6.22. The van der Waals surface area contributed by atoms with Crippen molar-refractivity contribution in [2.24, 2.45) is 5.92 Å². The number of benzene rings is 2. The van der Waals surface area contributed by atoms with Gasteiger partial charge < -0.3 is 14.7 Å². The van der Waals surface area contributed by atoms with Crippen LogP contribution >= 0.6 is 11.6 Å². The number of quaternary nitrogens is 1. The van der Waals surface area contributed by atoms with Gasteiger partial charge in [-0.15, -0.1) is 0 Å². The zero-order chi connectivity index (χ0) is 20.4. The van der Waals surface area contributed by atoms with E-state index < -0.39 is 0 Å². The number of rotatable bonds is 4. The van der Waals surface area contributed by atoms with Crippen molar-refractivity contribution >= 4 is 29.1 Å². The molecule has 0 aromatic heterocycles. The maximum absolute atomic E-state index is 13.0. The number of anilines is 1. The minimum Gasteiger partial charge on any atom is -0.331 e. The Morgan fingerprint density at radius 1 is 1.14 bits per heavy atom. The molecule has 1 atom stereocenters. The molecule has 2 aromatic carbocycles. The van der Waals surface area contributed by atoms with Gasteiger partial charge in [-0.05, 0) is 24.6 Å². The molecule has 2 aromatic rings. The molecule has 2 heterocycles. The van der Waals surface area contributed by atoms with Crippen LogP contribution in [0.3, 0.4) is 0 Å². The van der Waals surface area contributed by atoms with Crippen LogP contribution in [0.25, 0.3) is 0 Å². The Balaban J connectivity index is 1.33. The molecule has 2 aliphatic rings. The molecule has 0 bridgehead atoms. The third kappa shape index (κ3) is 4.46. The van der Waals surface area contributed by atoms with Gasteiger partial charge >= 0.3 is 0 Å². The van der Waals surface area contributed by atoms with Crippen molar-refractivity contribution in [1.82, 2.24) is 4.90 Å². The minimum atomic E-state index is -0.266. The zero-order valence-corrected chi connectivity index (χ0v) is 17.5. The highest BCUT2D eigenvalue weighted by Crippen LogP contribution is 2.29. The second-order valence-electron chi connectivity index (χ2n) is 8.08. The first-order chi connectivity index (χ1) is 14.0. The molecule has 1 N–H and O–H groups in total. The smallest absolute Gasteiger partial charge is 0.228 e. The van der Waals surface area contributed by atoms with Gasteiger partial charge in [-0.1, -0.05) is 48.0 Å². The lowest BCUT2D eigenvalue weighted by atomic mass is 10.1. The number of piperazine rings is 1. The first-order valence-corrected chi connectivity index (χ1v) is 10.6. The van der Waals surface area contributed by atoms with Crippen LogP contribution in [0, 0.1) is 12.8 Å². The van der Waals surface area contributed by atoms with E-state index in [1.165, 1.54) is 10.5 Å². The number of carbonyl (C=O) groups is 2. The molecule has 4 rings (SSSR count). The van der Waals surface area contributed by atoms with Gasteiger partial charge in [0.05, 0.1) is 32.1 Å². The number of carbonyl (C=O) groups excluding carboxylic acids is 2. The van der Waals surface area contributed by atoms with Crippen LogP contribution < -0.4 is 9.80 Å². The fourth-order valence-electron chi connectivity index (χ4n) is 4.24. The fourth-order valence-corrected chi connectivity index (χ4v) is 4.41. The van der Waals surface area contributed by atoms with Crippen molar-refractivity contribution in [3.8, 4) is 0 Å². The van der Waals surface area contributed by atoms with E-state index in [4.69, 9.17) is 11.6 Å². The van der Waals surface area contributed by atoms with Crippen LogP contribution in [0.4, 0.5) is 5.69 Å². The minimum absolute atomic E-state index is 0.00314. The molecule has 2 amide bonds. The third-order valence-corrected chi connectivity index (χ3v) is 6.43. The van der Waals surface area contributed by atoms with Crippen molar-refractivity contribution in [2.75, 3.05) is 37.6 Å². The van der Waals surface area contributed by atoms with Gasteiger partial charge in [-0.2, -0.15) is 0 Å². The Labute approximate surface area is 176 Å². The number of nitrogens with zero attached hydrogens (tertiary/aromatic N) is 2. The topological polar surface area (TPSA) is 45.1 Å². The van der Waals surface area contributed by atoms with Crippen LogP contribution in [0.1, 0.15) is 17.5 Å². The molecule has 2 aliphatic heterocycles. The molecule has 5 nitrogen and oxygen atoms in total. The predicted octanol–water partition coefficient (Wildman–Crippen LogP) is 1.93. The summed E-state index contributed by atoms with van der Waals surface area (Å²) in [6.45, 7) is 6.76. The first-order valence-electron chi connectivity index (χ1n) is 10.2. The summed E-state index contributed by atoms with van der Waals surface area (Å²) in [4.78, 5) is 30.7. The molecule has 2 saturated heterocycles. The summed E-state index contributed by atoms with van der Waals surface area (Å²) < 4.78 is 0. The maximum atomic E-state index is 13.0. The zero-order valence-electron chi connectivity index (χ0n) is 16.7. The van der Waals surface area contributed by atoms with Gasteiger partial charge in [0, 0.05) is 29.2 Å². The van der Waals surface area contributed by atoms with E-state index in [2.05, 4.69) is 24.3 Å². The van der Waals surface area contributed by atoms with E-state index in [1.807, 2.05) is 36.1 Å². The lowest BCUT2D eigenvalue weighted by Crippen LogP contribution is -3.13. The molecule has 0 spiro atoms. The second-order valence-corrected chi connectivity index (χ2v) is 8.48. The molecule has 152 valence electrons. The van der Waals surface area contributed by atoms with E-state index in [0.29, 0.717) is 11.6 Å². The van der Waals surface area contributed by atoms with Crippen molar-refractivity contribution in [2.45, 2.75) is 19.9 Å². The fraction of sp³-hybridized carbons (Fsp3) is 0.391. The quantitative estimate of drug-likeness (QED) is 0.834. The van der Waals surface area contributed by atoms with Crippen molar-refractivity contribution in [3.63, 3.8) is 0 Å². The average Bonchev–Trinajstić information content (AvgIpc) is 3.12. The second kappa shape index (κ2) is 8.56. The van der Waals surface area contributed by atoms with Crippen molar-refractivity contribution in [3.05, 3.63) is 64.7 Å². The molecular weight excluding hydrogens is 386 g/mol. The van der Waals surface area contributed by atoms with Crippen LogP contribution in [-0.2, 0) is 16.1 Å². The van der Waals surface area contributed by atoms with E-state index in [0.717, 1.165) is 44.0 Å². The Bertz CT molecular complexity index is 894. The number of nitrogens with one attached hydrogen (secondary N) is 1. The van der Waals surface area contributed by atoms with Crippen molar-refractivity contribution < 1.29 is 14.5 Å². The maximum Gasteiger partial charge on any atom is 0.228 e. The highest BCUT2D eigenvalue weighted by atomic mass is 35.5. The predicted molar refractivity (Wildman–Crippen MR) is 114 cm³/mol. The van der Waals surface area contributed by atoms with Crippen LogP contribution in [0.15, 0.2) is 48.5 Å². The number of amides is 2. The number of hydrogen-bond acceptors (Lipinski definition) is 2. The molecule has 2 fully saturated rings. The molecule has 0 saturated carbocycles. The Hall–Kier alpha value is -2.37. The summed E-state index contributed by atoms with van der Waals surface area (Å²) in [7, 11) is 0. The lowest BCUT2D eigenvalue weighted by molar-refractivity contribution is -0.917. The molecule has 6 heteroatoms. The van der Waals surface area contributed by atoms with Crippen molar-refractivity contribution in [1.29, 1.82) is 0 Å². The van der Waals surface area contributed by atoms with Gasteiger partial charge in [0.15, 0.2) is 0 Å². The highest BCUT2D eigenvalue weighted by Gasteiger charge is 2.38. The van der Waals surface area contributed by atoms with Crippen LogP contribution in [0.5, 0.6) is 0 Å². The lowest BCUT2D eigenvalue weighted by Gasteiger charge is -2.33. The van der Waals surface area contributed by atoms with E-state index >= 15 is 0 Å². The third-order valence-electron chi connectivity index (χ3n) is 6.02. The number of aryl methyl sites for hydroxylation is 1. The Morgan fingerprint density at radius 2 is 1.86 bits per heavy atom. The molecular formula is C23H27ClN3O2+. The van der Waals surface area contributed by atoms with E-state index in [9.17, 15) is 9.59 Å². The number of hydrogen-bond donors (Lipinski definition) is 1. The standard InChI is InChI=1S/C23H26ClN3O2/c1-17-7-8-20(14-21(17)24)27-16-19(13-22(27)28)23(29)26-11-9-25(10-12-26)15-18-5-3-2-4-6-18/h2-8,14,19H,9-13,15-16H2,1H3/p+1/t19-/m1/s1. The molecule has 0 unspecified atom stereocenters. The van der Waals surface area contributed by atoms with Gasteiger partial charge in [-0.3, -0.25) is 9.59 Å². The molecule has 0 radical (unpaired) electrons. The Morgan fingerprint density at radius 3 is 2.55 bits per heavy atom. The number of halogens is 1. The summed E-state index contributed by atoms with van der Waals surface area (Å²) in [6.07, 6.45) is 0.279. The highest BCUT2D eigenvalue weighted by molar-refractivity contribution is 6.31. The Kier molecular flexibility index (Phi) is 5.88. The summed E-state index contributed by atoms with van der Waals surface area (Å²) in [5, 5.41) is 0.641. The monoisotopic (exact) mass is 412 g/mol. The normalized spacial score (nSPS) is 20.3. The van der Waals surface area contributed by atoms with Gasteiger partial charge in [-0.25, -0.2) is 0 Å². The SMILES string of the molecule is Cc1ccc(N2C[C@H](C(=O)N3CC[NH+](Cc4ccccc4)CC3)CC2=O)cc1Cl. The summed E-state index contributed by atoms with van der Waals surface area (Å²) in [5.41, 5.74) is 3.08. The average molecular weight is 413 g/mol. The molecule has 0 aliphatic carbocycles. The van der Waals surface area contributed by atoms with Gasteiger partial charge in [0.1, 0.15) is 6.54 Å². The first kappa shape index (κ1) is 19.9. The summed E-state index contributed by atoms with van der Waals surface area (Å²) in [5.74, 6) is -0.160. The van der Waals surface area contributed by atoms with Crippen LogP contribution in [-0.4, -0.2) is 49.4 Å². The largest absolute Gasteiger partial charge is 0.331 e. The van der Waals surface area contributed by atoms with E-state index in [1.54, 1.807) is 4.90 Å². The molecule has 29 heavy (non-hydrogen) atoms. The van der Waals surface area contributed by atoms with Gasteiger partial charge in [0.25, 0.3) is 0 Å². The van der Waals surface area contributed by atoms with E-state index in [-0.39, 0.29) is 24.2 Å². The van der Waals surface area contributed by atoms with Gasteiger partial charge in [0.2, 0.25) is 11.8 Å².